The van der Waals surface area contributed by atoms with E-state index in [-0.39, 0.29) is 11.8 Å². The standard InChI is InChI=1S/C17H18N2/c1-13(2)17(14-7-4-3-5-8-14)16(11-18)15-9-6-10-19-12-15/h3-10,12-13,16-17H,1-2H3/t16-,17-/m0/s1. The van der Waals surface area contributed by atoms with Crippen LogP contribution in [0.25, 0.3) is 0 Å². The van der Waals surface area contributed by atoms with E-state index >= 15 is 0 Å². The van der Waals surface area contributed by atoms with Crippen LogP contribution in [0.5, 0.6) is 0 Å². The van der Waals surface area contributed by atoms with Gasteiger partial charge in [0.15, 0.2) is 0 Å². The molecule has 2 rings (SSSR count). The number of pyridine rings is 1. The number of hydrogen-bond acceptors (Lipinski definition) is 2. The maximum absolute atomic E-state index is 9.58. The summed E-state index contributed by atoms with van der Waals surface area (Å²) < 4.78 is 0. The Kier molecular flexibility index (Phi) is 4.30. The number of hydrogen-bond donors (Lipinski definition) is 0. The van der Waals surface area contributed by atoms with E-state index in [1.807, 2.05) is 30.3 Å². The maximum Gasteiger partial charge on any atom is 0.0798 e. The van der Waals surface area contributed by atoms with E-state index in [0.29, 0.717) is 5.92 Å². The van der Waals surface area contributed by atoms with Crippen LogP contribution in [0.15, 0.2) is 54.9 Å². The molecule has 0 N–H and O–H groups in total. The SMILES string of the molecule is CC(C)[C@@H](c1ccccc1)[C@@H](C#N)c1cccnc1. The molecule has 0 spiro atoms. The number of nitriles is 1. The third-order valence-corrected chi connectivity index (χ3v) is 3.44. The van der Waals surface area contributed by atoms with Crippen LogP contribution in [0, 0.1) is 17.2 Å². The minimum Gasteiger partial charge on any atom is -0.264 e. The molecule has 1 aromatic heterocycles. The number of rotatable bonds is 4. The van der Waals surface area contributed by atoms with Crippen LogP contribution in [0.1, 0.15) is 36.8 Å². The van der Waals surface area contributed by atoms with Gasteiger partial charge in [-0.25, -0.2) is 0 Å². The van der Waals surface area contributed by atoms with Gasteiger partial charge < -0.3 is 0 Å². The minimum atomic E-state index is -0.156. The highest BCUT2D eigenvalue weighted by Gasteiger charge is 2.27. The summed E-state index contributed by atoms with van der Waals surface area (Å²) in [7, 11) is 0. The lowest BCUT2D eigenvalue weighted by Crippen LogP contribution is -2.16. The summed E-state index contributed by atoms with van der Waals surface area (Å²) in [6.45, 7) is 4.33. The van der Waals surface area contributed by atoms with Gasteiger partial charge >= 0.3 is 0 Å². The molecular weight excluding hydrogens is 232 g/mol. The number of benzene rings is 1. The van der Waals surface area contributed by atoms with Crippen molar-refractivity contribution >= 4 is 0 Å². The zero-order valence-corrected chi connectivity index (χ0v) is 11.3. The highest BCUT2D eigenvalue weighted by molar-refractivity contribution is 5.32. The normalized spacial score (nSPS) is 13.8. The van der Waals surface area contributed by atoms with E-state index in [9.17, 15) is 5.26 Å². The molecule has 0 aliphatic rings. The fraction of sp³-hybridized carbons (Fsp3) is 0.294. The van der Waals surface area contributed by atoms with Crippen LogP contribution < -0.4 is 0 Å². The van der Waals surface area contributed by atoms with Gasteiger partial charge in [-0.05, 0) is 23.1 Å². The predicted octanol–water partition coefficient (Wildman–Crippen LogP) is 4.13. The predicted molar refractivity (Wildman–Crippen MR) is 76.6 cm³/mol. The highest BCUT2D eigenvalue weighted by atomic mass is 14.6. The van der Waals surface area contributed by atoms with E-state index in [4.69, 9.17) is 0 Å². The molecule has 2 atom stereocenters. The lowest BCUT2D eigenvalue weighted by molar-refractivity contribution is 0.465. The minimum absolute atomic E-state index is 0.156. The second-order valence-corrected chi connectivity index (χ2v) is 5.07. The van der Waals surface area contributed by atoms with Crippen molar-refractivity contribution in [3.8, 4) is 6.07 Å². The molecule has 2 nitrogen and oxygen atoms in total. The van der Waals surface area contributed by atoms with Crippen LogP contribution in [0.3, 0.4) is 0 Å². The Morgan fingerprint density at radius 3 is 2.21 bits per heavy atom. The van der Waals surface area contributed by atoms with E-state index in [1.54, 1.807) is 12.4 Å². The van der Waals surface area contributed by atoms with E-state index in [2.05, 4.69) is 37.0 Å². The Labute approximate surface area is 114 Å². The molecule has 0 amide bonds. The third-order valence-electron chi connectivity index (χ3n) is 3.44. The van der Waals surface area contributed by atoms with Crippen molar-refractivity contribution in [1.82, 2.24) is 4.98 Å². The molecule has 0 unspecified atom stereocenters. The van der Waals surface area contributed by atoms with Crippen molar-refractivity contribution in [3.05, 3.63) is 66.0 Å². The van der Waals surface area contributed by atoms with E-state index in [1.165, 1.54) is 5.56 Å². The maximum atomic E-state index is 9.58. The summed E-state index contributed by atoms with van der Waals surface area (Å²) in [5.74, 6) is 0.429. The molecule has 0 aliphatic heterocycles. The average Bonchev–Trinajstić information content (AvgIpc) is 2.46. The van der Waals surface area contributed by atoms with Crippen LogP contribution in [-0.4, -0.2) is 4.98 Å². The molecule has 19 heavy (non-hydrogen) atoms. The van der Waals surface area contributed by atoms with Crippen LogP contribution in [0.4, 0.5) is 0 Å². The largest absolute Gasteiger partial charge is 0.264 e. The molecule has 2 heteroatoms. The molecular formula is C17H18N2. The van der Waals surface area contributed by atoms with E-state index in [0.717, 1.165) is 5.56 Å². The second kappa shape index (κ2) is 6.15. The van der Waals surface area contributed by atoms with Crippen molar-refractivity contribution in [2.24, 2.45) is 5.92 Å². The molecule has 0 fully saturated rings. The van der Waals surface area contributed by atoms with Crippen LogP contribution in [0.2, 0.25) is 0 Å². The van der Waals surface area contributed by atoms with Crippen molar-refractivity contribution < 1.29 is 0 Å². The topological polar surface area (TPSA) is 36.7 Å². The van der Waals surface area contributed by atoms with Crippen LogP contribution in [-0.2, 0) is 0 Å². The van der Waals surface area contributed by atoms with Gasteiger partial charge in [-0.15, -0.1) is 0 Å². The van der Waals surface area contributed by atoms with Gasteiger partial charge in [0.05, 0.1) is 12.0 Å². The smallest absolute Gasteiger partial charge is 0.0798 e. The molecule has 96 valence electrons. The van der Waals surface area contributed by atoms with Gasteiger partial charge in [0.25, 0.3) is 0 Å². The van der Waals surface area contributed by atoms with Gasteiger partial charge in [-0.2, -0.15) is 5.26 Å². The molecule has 0 aliphatic carbocycles. The molecule has 0 saturated carbocycles. The average molecular weight is 250 g/mol. The number of nitrogens with zero attached hydrogens (tertiary/aromatic N) is 2. The van der Waals surface area contributed by atoms with Crippen molar-refractivity contribution in [2.75, 3.05) is 0 Å². The van der Waals surface area contributed by atoms with Gasteiger partial charge in [-0.3, -0.25) is 4.98 Å². The molecule has 0 saturated heterocycles. The fourth-order valence-corrected chi connectivity index (χ4v) is 2.56. The quantitative estimate of drug-likeness (QED) is 0.818. The zero-order chi connectivity index (χ0) is 13.7. The van der Waals surface area contributed by atoms with Gasteiger partial charge in [0, 0.05) is 18.3 Å². The van der Waals surface area contributed by atoms with Gasteiger partial charge in [0.2, 0.25) is 0 Å². The first-order valence-corrected chi connectivity index (χ1v) is 6.58. The Balaban J connectivity index is 2.41. The summed E-state index contributed by atoms with van der Waals surface area (Å²) in [5.41, 5.74) is 2.21. The van der Waals surface area contributed by atoms with Crippen LogP contribution >= 0.6 is 0 Å². The van der Waals surface area contributed by atoms with Gasteiger partial charge in [-0.1, -0.05) is 50.2 Å². The van der Waals surface area contributed by atoms with Crippen molar-refractivity contribution in [2.45, 2.75) is 25.7 Å². The van der Waals surface area contributed by atoms with Gasteiger partial charge in [0.1, 0.15) is 0 Å². The molecule has 0 radical (unpaired) electrons. The molecule has 1 aromatic carbocycles. The van der Waals surface area contributed by atoms with Crippen molar-refractivity contribution in [1.29, 1.82) is 5.26 Å². The summed E-state index contributed by atoms with van der Waals surface area (Å²) in [5, 5.41) is 9.58. The first-order chi connectivity index (χ1) is 9.24. The summed E-state index contributed by atoms with van der Waals surface area (Å²) >= 11 is 0. The third kappa shape index (κ3) is 3.00. The second-order valence-electron chi connectivity index (χ2n) is 5.07. The van der Waals surface area contributed by atoms with E-state index < -0.39 is 0 Å². The first-order valence-electron chi connectivity index (χ1n) is 6.58. The molecule has 1 heterocycles. The lowest BCUT2D eigenvalue weighted by Gasteiger charge is -2.26. The number of aromatic nitrogens is 1. The monoisotopic (exact) mass is 250 g/mol. The highest BCUT2D eigenvalue weighted by Crippen LogP contribution is 2.37. The zero-order valence-electron chi connectivity index (χ0n) is 11.3. The lowest BCUT2D eigenvalue weighted by atomic mass is 9.76. The molecule has 2 aromatic rings. The first kappa shape index (κ1) is 13.3. The summed E-state index contributed by atoms with van der Waals surface area (Å²) in [4.78, 5) is 4.14. The Hall–Kier alpha value is -2.14. The Morgan fingerprint density at radius 1 is 1.00 bits per heavy atom. The Bertz CT molecular complexity index is 540. The van der Waals surface area contributed by atoms with Crippen molar-refractivity contribution in [3.63, 3.8) is 0 Å². The summed E-state index contributed by atoms with van der Waals surface area (Å²) in [6, 6.07) is 16.6. The summed E-state index contributed by atoms with van der Waals surface area (Å²) in [6.07, 6.45) is 3.54. The fourth-order valence-electron chi connectivity index (χ4n) is 2.56. The Morgan fingerprint density at radius 2 is 1.68 bits per heavy atom. The molecule has 0 bridgehead atoms.